The van der Waals surface area contributed by atoms with E-state index in [1.807, 2.05) is 6.92 Å². The fraction of sp³-hybridized carbons (Fsp3) is 0.429. The van der Waals surface area contributed by atoms with Gasteiger partial charge in [0.15, 0.2) is 5.82 Å². The Morgan fingerprint density at radius 2 is 2.14 bits per heavy atom. The Morgan fingerprint density at radius 1 is 1.29 bits per heavy atom. The summed E-state index contributed by atoms with van der Waals surface area (Å²) in [5, 5.41) is 8.41. The standard InChI is InChI=1S/C14H17N5OS/c1-4-11-18-10(19-20-11)5-6-15-13-12-8(2)9(3)21-14(12)17-7-16-13/h7H,4-6H2,1-3H3,(H,15,16,17). The van der Waals surface area contributed by atoms with E-state index in [0.717, 1.165) is 28.3 Å². The van der Waals surface area contributed by atoms with Gasteiger partial charge in [0.05, 0.1) is 5.39 Å². The summed E-state index contributed by atoms with van der Waals surface area (Å²) in [7, 11) is 0. The van der Waals surface area contributed by atoms with Crippen LogP contribution in [0, 0.1) is 13.8 Å². The Balaban J connectivity index is 1.73. The molecular formula is C14H17N5OS. The van der Waals surface area contributed by atoms with Crippen LogP contribution < -0.4 is 5.32 Å². The van der Waals surface area contributed by atoms with Gasteiger partial charge in [-0.2, -0.15) is 4.98 Å². The number of thiophene rings is 1. The molecule has 0 aromatic carbocycles. The largest absolute Gasteiger partial charge is 0.369 e. The maximum atomic E-state index is 5.10. The van der Waals surface area contributed by atoms with Gasteiger partial charge in [-0.1, -0.05) is 12.1 Å². The third-order valence-corrected chi connectivity index (χ3v) is 4.53. The molecule has 3 rings (SSSR count). The normalized spacial score (nSPS) is 11.2. The molecule has 0 bridgehead atoms. The zero-order chi connectivity index (χ0) is 14.8. The van der Waals surface area contributed by atoms with Crippen LogP contribution in [0.15, 0.2) is 10.9 Å². The maximum absolute atomic E-state index is 5.10. The Morgan fingerprint density at radius 3 is 2.90 bits per heavy atom. The van der Waals surface area contributed by atoms with Gasteiger partial charge in [-0.05, 0) is 19.4 Å². The van der Waals surface area contributed by atoms with Gasteiger partial charge >= 0.3 is 0 Å². The summed E-state index contributed by atoms with van der Waals surface area (Å²) in [4.78, 5) is 15.3. The number of rotatable bonds is 5. The molecule has 0 aliphatic carbocycles. The van der Waals surface area contributed by atoms with E-state index in [0.29, 0.717) is 18.9 Å². The smallest absolute Gasteiger partial charge is 0.226 e. The summed E-state index contributed by atoms with van der Waals surface area (Å²) >= 11 is 1.70. The SMILES string of the molecule is CCc1nc(CCNc2ncnc3sc(C)c(C)c23)no1. The number of hydrogen-bond acceptors (Lipinski definition) is 7. The highest BCUT2D eigenvalue weighted by atomic mass is 32.1. The van der Waals surface area contributed by atoms with Gasteiger partial charge in [0, 0.05) is 24.3 Å². The topological polar surface area (TPSA) is 76.7 Å². The quantitative estimate of drug-likeness (QED) is 0.781. The van der Waals surface area contributed by atoms with Crippen LogP contribution in [0.5, 0.6) is 0 Å². The number of aryl methyl sites for hydroxylation is 3. The number of nitrogens with one attached hydrogen (secondary N) is 1. The van der Waals surface area contributed by atoms with E-state index in [9.17, 15) is 0 Å². The summed E-state index contributed by atoms with van der Waals surface area (Å²) in [6.07, 6.45) is 3.07. The van der Waals surface area contributed by atoms with Gasteiger partial charge in [-0.15, -0.1) is 11.3 Å². The van der Waals surface area contributed by atoms with Crippen LogP contribution in [0.3, 0.4) is 0 Å². The molecule has 0 aliphatic rings. The van der Waals surface area contributed by atoms with Crippen molar-refractivity contribution < 1.29 is 4.52 Å². The van der Waals surface area contributed by atoms with Crippen LogP contribution in [-0.2, 0) is 12.8 Å². The molecular weight excluding hydrogens is 286 g/mol. The Kier molecular flexibility index (Phi) is 3.83. The number of fused-ring (bicyclic) bond motifs is 1. The van der Waals surface area contributed by atoms with E-state index in [1.54, 1.807) is 17.7 Å². The van der Waals surface area contributed by atoms with Crippen molar-refractivity contribution in [3.63, 3.8) is 0 Å². The molecule has 0 atom stereocenters. The fourth-order valence-corrected chi connectivity index (χ4v) is 3.14. The summed E-state index contributed by atoms with van der Waals surface area (Å²) in [6, 6.07) is 0. The lowest BCUT2D eigenvalue weighted by Gasteiger charge is -2.05. The molecule has 0 radical (unpaired) electrons. The molecule has 0 amide bonds. The van der Waals surface area contributed by atoms with Crippen molar-refractivity contribution in [1.82, 2.24) is 20.1 Å². The summed E-state index contributed by atoms with van der Waals surface area (Å²) in [5.74, 6) is 2.28. The first-order chi connectivity index (χ1) is 10.2. The minimum atomic E-state index is 0.679. The lowest BCUT2D eigenvalue weighted by Crippen LogP contribution is -2.08. The van der Waals surface area contributed by atoms with Crippen molar-refractivity contribution in [2.24, 2.45) is 0 Å². The first-order valence-electron chi connectivity index (χ1n) is 6.95. The van der Waals surface area contributed by atoms with E-state index in [2.05, 4.69) is 39.3 Å². The molecule has 6 nitrogen and oxygen atoms in total. The van der Waals surface area contributed by atoms with Crippen LogP contribution in [0.1, 0.15) is 29.1 Å². The molecule has 0 unspecified atom stereocenters. The summed E-state index contributed by atoms with van der Waals surface area (Å²) < 4.78 is 5.10. The Hall–Kier alpha value is -2.02. The second-order valence-corrected chi connectivity index (χ2v) is 6.02. The zero-order valence-electron chi connectivity index (χ0n) is 12.3. The predicted octanol–water partition coefficient (Wildman–Crippen LogP) is 2.91. The van der Waals surface area contributed by atoms with Crippen molar-refractivity contribution in [2.75, 3.05) is 11.9 Å². The number of anilines is 1. The van der Waals surface area contributed by atoms with Crippen molar-refractivity contribution in [1.29, 1.82) is 0 Å². The fourth-order valence-electron chi connectivity index (χ4n) is 2.14. The molecule has 3 aromatic heterocycles. The first kappa shape index (κ1) is 13.9. The van der Waals surface area contributed by atoms with E-state index < -0.39 is 0 Å². The maximum Gasteiger partial charge on any atom is 0.226 e. The Labute approximate surface area is 126 Å². The van der Waals surface area contributed by atoms with Crippen molar-refractivity contribution in [3.8, 4) is 0 Å². The molecule has 0 saturated carbocycles. The Bertz CT molecular complexity index is 764. The third-order valence-electron chi connectivity index (χ3n) is 3.42. The predicted molar refractivity (Wildman–Crippen MR) is 82.8 cm³/mol. The summed E-state index contributed by atoms with van der Waals surface area (Å²) in [5.41, 5.74) is 1.24. The van der Waals surface area contributed by atoms with Gasteiger partial charge in [-0.25, -0.2) is 9.97 Å². The van der Waals surface area contributed by atoms with Crippen LogP contribution >= 0.6 is 11.3 Å². The molecule has 110 valence electrons. The molecule has 3 aromatic rings. The lowest BCUT2D eigenvalue weighted by molar-refractivity contribution is 0.377. The average Bonchev–Trinajstić information content (AvgIpc) is 3.05. The second kappa shape index (κ2) is 5.77. The molecule has 0 aliphatic heterocycles. The molecule has 0 spiro atoms. The second-order valence-electron chi connectivity index (χ2n) is 4.82. The van der Waals surface area contributed by atoms with Gasteiger partial charge in [0.1, 0.15) is 17.0 Å². The molecule has 7 heteroatoms. The number of nitrogens with zero attached hydrogens (tertiary/aromatic N) is 4. The monoisotopic (exact) mass is 303 g/mol. The highest BCUT2D eigenvalue weighted by molar-refractivity contribution is 7.18. The van der Waals surface area contributed by atoms with E-state index in [-0.39, 0.29) is 0 Å². The molecule has 0 fully saturated rings. The highest BCUT2D eigenvalue weighted by Gasteiger charge is 2.12. The highest BCUT2D eigenvalue weighted by Crippen LogP contribution is 2.32. The lowest BCUT2D eigenvalue weighted by atomic mass is 10.2. The minimum Gasteiger partial charge on any atom is -0.369 e. The molecule has 1 N–H and O–H groups in total. The van der Waals surface area contributed by atoms with Crippen LogP contribution in [0.2, 0.25) is 0 Å². The van der Waals surface area contributed by atoms with E-state index >= 15 is 0 Å². The van der Waals surface area contributed by atoms with Crippen molar-refractivity contribution >= 4 is 27.4 Å². The number of aromatic nitrogens is 4. The first-order valence-corrected chi connectivity index (χ1v) is 7.76. The van der Waals surface area contributed by atoms with Crippen LogP contribution in [0.4, 0.5) is 5.82 Å². The van der Waals surface area contributed by atoms with Crippen LogP contribution in [-0.4, -0.2) is 26.7 Å². The minimum absolute atomic E-state index is 0.679. The third kappa shape index (κ3) is 2.73. The van der Waals surface area contributed by atoms with E-state index in [4.69, 9.17) is 4.52 Å². The summed E-state index contributed by atoms with van der Waals surface area (Å²) in [6.45, 7) is 6.92. The number of hydrogen-bond donors (Lipinski definition) is 1. The van der Waals surface area contributed by atoms with Crippen molar-refractivity contribution in [3.05, 3.63) is 28.5 Å². The van der Waals surface area contributed by atoms with Gasteiger partial charge < -0.3 is 9.84 Å². The zero-order valence-corrected chi connectivity index (χ0v) is 13.1. The molecule has 0 saturated heterocycles. The molecule has 3 heterocycles. The van der Waals surface area contributed by atoms with Crippen molar-refractivity contribution in [2.45, 2.75) is 33.6 Å². The molecule has 21 heavy (non-hydrogen) atoms. The van der Waals surface area contributed by atoms with Crippen LogP contribution in [0.25, 0.3) is 10.2 Å². The average molecular weight is 303 g/mol. The van der Waals surface area contributed by atoms with Gasteiger partial charge in [-0.3, -0.25) is 0 Å². The van der Waals surface area contributed by atoms with E-state index in [1.165, 1.54) is 10.4 Å². The van der Waals surface area contributed by atoms with Gasteiger partial charge in [0.2, 0.25) is 5.89 Å². The van der Waals surface area contributed by atoms with Gasteiger partial charge in [0.25, 0.3) is 0 Å².